The Morgan fingerprint density at radius 1 is 1.03 bits per heavy atom. The van der Waals surface area contributed by atoms with Crippen molar-refractivity contribution in [2.24, 2.45) is 0 Å². The average Bonchev–Trinajstić information content (AvgIpc) is 3.26. The second-order valence-electron chi connectivity index (χ2n) is 6.79. The van der Waals surface area contributed by atoms with Crippen molar-refractivity contribution in [1.82, 2.24) is 20.2 Å². The van der Waals surface area contributed by atoms with Gasteiger partial charge in [-0.3, -0.25) is 14.2 Å². The molecule has 156 valence electrons. The molecule has 0 aliphatic heterocycles. The smallest absolute Gasteiger partial charge is 0.251 e. The van der Waals surface area contributed by atoms with E-state index in [0.717, 1.165) is 29.2 Å². The van der Waals surface area contributed by atoms with Gasteiger partial charge in [0.25, 0.3) is 5.91 Å². The van der Waals surface area contributed by atoms with Gasteiger partial charge in [-0.05, 0) is 36.2 Å². The monoisotopic (exact) mass is 422 g/mol. The molecular weight excluding hydrogens is 396 g/mol. The number of hydrogen-bond acceptors (Lipinski definition) is 4. The van der Waals surface area contributed by atoms with Crippen LogP contribution in [0.2, 0.25) is 0 Å². The van der Waals surface area contributed by atoms with Crippen LogP contribution in [-0.2, 0) is 11.3 Å². The Kier molecular flexibility index (Phi) is 8.09. The van der Waals surface area contributed by atoms with Crippen LogP contribution >= 0.6 is 11.8 Å². The topological polar surface area (TPSA) is 76.0 Å². The lowest BCUT2D eigenvalue weighted by molar-refractivity contribution is -0.118. The normalized spacial score (nSPS) is 10.6. The fourth-order valence-electron chi connectivity index (χ4n) is 2.83. The highest BCUT2D eigenvalue weighted by molar-refractivity contribution is 7.99. The number of thioether (sulfide) groups is 1. The molecule has 2 amide bonds. The summed E-state index contributed by atoms with van der Waals surface area (Å²) in [6.07, 6.45) is 5.59. The lowest BCUT2D eigenvalue weighted by atomic mass is 10.1. The predicted molar refractivity (Wildman–Crippen MR) is 120 cm³/mol. The summed E-state index contributed by atoms with van der Waals surface area (Å²) in [5.41, 5.74) is 2.54. The molecular formula is C23H26N4O2S. The summed E-state index contributed by atoms with van der Waals surface area (Å²) in [4.78, 5) is 28.7. The van der Waals surface area contributed by atoms with E-state index in [-0.39, 0.29) is 11.8 Å². The van der Waals surface area contributed by atoms with E-state index in [0.29, 0.717) is 24.4 Å². The number of imidazole rings is 1. The molecule has 0 aliphatic rings. The number of unbranched alkanes of at least 4 members (excludes halogenated alkanes) is 1. The summed E-state index contributed by atoms with van der Waals surface area (Å²) < 4.78 is 1.91. The Labute approximate surface area is 181 Å². The molecule has 3 rings (SSSR count). The minimum atomic E-state index is -0.116. The van der Waals surface area contributed by atoms with Gasteiger partial charge < -0.3 is 10.6 Å². The standard InChI is InChI=1S/C23H26N4O2S/c1-2-3-13-24-21(28)17-30-23-25-14-15-27(23)20-11-9-19(10-12-20)22(29)26-16-18-7-5-4-6-8-18/h4-12,14-15H,2-3,13,16-17H2,1H3,(H,24,28)(H,26,29). The molecule has 7 heteroatoms. The molecule has 2 aromatic carbocycles. The first kappa shape index (κ1) is 21.6. The van der Waals surface area contributed by atoms with Crippen LogP contribution in [0.15, 0.2) is 72.1 Å². The first-order valence-corrected chi connectivity index (χ1v) is 11.0. The van der Waals surface area contributed by atoms with Gasteiger partial charge in [0.1, 0.15) is 0 Å². The third-order valence-corrected chi connectivity index (χ3v) is 5.46. The zero-order valence-electron chi connectivity index (χ0n) is 17.0. The summed E-state index contributed by atoms with van der Waals surface area (Å²) >= 11 is 1.39. The summed E-state index contributed by atoms with van der Waals surface area (Å²) in [7, 11) is 0. The first-order chi connectivity index (χ1) is 14.7. The van der Waals surface area contributed by atoms with Gasteiger partial charge in [0.05, 0.1) is 5.75 Å². The molecule has 6 nitrogen and oxygen atoms in total. The highest BCUT2D eigenvalue weighted by atomic mass is 32.2. The quantitative estimate of drug-likeness (QED) is 0.385. The van der Waals surface area contributed by atoms with E-state index >= 15 is 0 Å². The van der Waals surface area contributed by atoms with Gasteiger partial charge >= 0.3 is 0 Å². The van der Waals surface area contributed by atoms with E-state index < -0.39 is 0 Å². The van der Waals surface area contributed by atoms with Crippen molar-refractivity contribution in [2.75, 3.05) is 12.3 Å². The van der Waals surface area contributed by atoms with E-state index in [1.54, 1.807) is 18.3 Å². The highest BCUT2D eigenvalue weighted by Crippen LogP contribution is 2.20. The van der Waals surface area contributed by atoms with E-state index in [2.05, 4.69) is 22.5 Å². The molecule has 30 heavy (non-hydrogen) atoms. The van der Waals surface area contributed by atoms with Crippen molar-refractivity contribution < 1.29 is 9.59 Å². The van der Waals surface area contributed by atoms with Gasteiger partial charge in [0, 0.05) is 36.7 Å². The lowest BCUT2D eigenvalue weighted by Crippen LogP contribution is -2.26. The molecule has 0 bridgehead atoms. The van der Waals surface area contributed by atoms with Gasteiger partial charge in [-0.15, -0.1) is 0 Å². The number of nitrogens with one attached hydrogen (secondary N) is 2. The maximum absolute atomic E-state index is 12.4. The Morgan fingerprint density at radius 3 is 2.53 bits per heavy atom. The average molecular weight is 423 g/mol. The molecule has 0 fully saturated rings. The number of rotatable bonds is 10. The molecule has 2 N–H and O–H groups in total. The zero-order chi connectivity index (χ0) is 21.2. The Hall–Kier alpha value is -3.06. The van der Waals surface area contributed by atoms with Crippen LogP contribution in [0.3, 0.4) is 0 Å². The largest absolute Gasteiger partial charge is 0.355 e. The van der Waals surface area contributed by atoms with Gasteiger partial charge in [0.15, 0.2) is 5.16 Å². The number of aromatic nitrogens is 2. The van der Waals surface area contributed by atoms with E-state index in [1.807, 2.05) is 53.2 Å². The molecule has 3 aromatic rings. The summed E-state index contributed by atoms with van der Waals surface area (Å²) in [5.74, 6) is 0.212. The minimum Gasteiger partial charge on any atom is -0.355 e. The molecule has 0 radical (unpaired) electrons. The van der Waals surface area contributed by atoms with Crippen molar-refractivity contribution in [3.63, 3.8) is 0 Å². The molecule has 0 saturated heterocycles. The van der Waals surface area contributed by atoms with Crippen molar-refractivity contribution in [2.45, 2.75) is 31.5 Å². The fraction of sp³-hybridized carbons (Fsp3) is 0.261. The van der Waals surface area contributed by atoms with Gasteiger partial charge in [-0.25, -0.2) is 4.98 Å². The van der Waals surface area contributed by atoms with Crippen molar-refractivity contribution in [3.8, 4) is 5.69 Å². The third-order valence-electron chi connectivity index (χ3n) is 4.50. The number of carbonyl (C=O) groups is 2. The second-order valence-corrected chi connectivity index (χ2v) is 7.73. The lowest BCUT2D eigenvalue weighted by Gasteiger charge is -2.09. The van der Waals surface area contributed by atoms with Crippen molar-refractivity contribution in [1.29, 1.82) is 0 Å². The first-order valence-electron chi connectivity index (χ1n) is 10.0. The predicted octanol–water partition coefficient (Wildman–Crippen LogP) is 3.81. The second kappa shape index (κ2) is 11.2. The maximum atomic E-state index is 12.4. The van der Waals surface area contributed by atoms with Crippen molar-refractivity contribution in [3.05, 3.63) is 78.1 Å². The zero-order valence-corrected chi connectivity index (χ0v) is 17.8. The minimum absolute atomic E-state index is 0.00781. The van der Waals surface area contributed by atoms with Crippen LogP contribution in [-0.4, -0.2) is 33.7 Å². The molecule has 0 unspecified atom stereocenters. The Bertz CT molecular complexity index is 955. The number of carbonyl (C=O) groups excluding carboxylic acids is 2. The third kappa shape index (κ3) is 6.22. The highest BCUT2D eigenvalue weighted by Gasteiger charge is 2.10. The van der Waals surface area contributed by atoms with Crippen LogP contribution in [0.1, 0.15) is 35.7 Å². The number of amides is 2. The van der Waals surface area contributed by atoms with Crippen LogP contribution in [0.5, 0.6) is 0 Å². The Balaban J connectivity index is 1.56. The molecule has 0 saturated carbocycles. The number of hydrogen-bond donors (Lipinski definition) is 2. The molecule has 1 aromatic heterocycles. The van der Waals surface area contributed by atoms with E-state index in [9.17, 15) is 9.59 Å². The number of nitrogens with zero attached hydrogens (tertiary/aromatic N) is 2. The van der Waals surface area contributed by atoms with E-state index in [4.69, 9.17) is 0 Å². The SMILES string of the molecule is CCCCNC(=O)CSc1nccn1-c1ccc(C(=O)NCc2ccccc2)cc1. The maximum Gasteiger partial charge on any atom is 0.251 e. The molecule has 1 heterocycles. The van der Waals surface area contributed by atoms with Crippen molar-refractivity contribution >= 4 is 23.6 Å². The summed E-state index contributed by atoms with van der Waals surface area (Å²) in [6.45, 7) is 3.29. The Morgan fingerprint density at radius 2 is 1.80 bits per heavy atom. The van der Waals surface area contributed by atoms with Crippen LogP contribution < -0.4 is 10.6 Å². The summed E-state index contributed by atoms with van der Waals surface area (Å²) in [6, 6.07) is 17.2. The van der Waals surface area contributed by atoms with Crippen LogP contribution in [0.25, 0.3) is 5.69 Å². The number of benzene rings is 2. The fourth-order valence-corrected chi connectivity index (χ4v) is 3.64. The molecule has 0 spiro atoms. The van der Waals surface area contributed by atoms with Gasteiger partial charge in [0.2, 0.25) is 5.91 Å². The van der Waals surface area contributed by atoms with Crippen LogP contribution in [0.4, 0.5) is 0 Å². The molecule has 0 atom stereocenters. The van der Waals surface area contributed by atoms with Gasteiger partial charge in [-0.2, -0.15) is 0 Å². The van der Waals surface area contributed by atoms with Crippen LogP contribution in [0, 0.1) is 0 Å². The van der Waals surface area contributed by atoms with Gasteiger partial charge in [-0.1, -0.05) is 55.4 Å². The van der Waals surface area contributed by atoms with E-state index in [1.165, 1.54) is 11.8 Å². The molecule has 0 aliphatic carbocycles. The summed E-state index contributed by atoms with van der Waals surface area (Å²) in [5, 5.41) is 6.57.